The molecular weight excluding hydrogens is 438 g/mol. The van der Waals surface area contributed by atoms with Gasteiger partial charge in [-0.1, -0.05) is 102 Å². The first-order valence-electron chi connectivity index (χ1n) is 12.6. The van der Waals surface area contributed by atoms with Crippen molar-refractivity contribution in [2.24, 2.45) is 0 Å². The van der Waals surface area contributed by atoms with Gasteiger partial charge in [-0.05, 0) is 17.9 Å². The van der Waals surface area contributed by atoms with E-state index in [0.29, 0.717) is 6.61 Å². The summed E-state index contributed by atoms with van der Waals surface area (Å²) in [7, 11) is -4.57. The molecule has 33 heavy (non-hydrogen) atoms. The number of rotatable bonds is 19. The van der Waals surface area contributed by atoms with E-state index in [-0.39, 0.29) is 13.0 Å². The zero-order valence-electron chi connectivity index (χ0n) is 20.1. The van der Waals surface area contributed by atoms with Crippen molar-refractivity contribution in [3.63, 3.8) is 0 Å². The third-order valence-electron chi connectivity index (χ3n) is 5.88. The highest BCUT2D eigenvalue weighted by Gasteiger charge is 2.20. The van der Waals surface area contributed by atoms with Gasteiger partial charge >= 0.3 is 10.4 Å². The molecule has 1 atom stereocenters. The lowest BCUT2D eigenvalue weighted by Gasteiger charge is -2.16. The Morgan fingerprint density at radius 2 is 1.48 bits per heavy atom. The molecule has 0 aliphatic heterocycles. The topological polar surface area (TPSA) is 85.7 Å². The number of aromatic nitrogens is 1. The number of pyridine rings is 1. The number of fused-ring (bicyclic) bond motifs is 1. The average molecular weight is 480 g/mol. The van der Waals surface area contributed by atoms with Crippen LogP contribution in [0.5, 0.6) is 0 Å². The molecule has 1 aromatic heterocycles. The SMILES string of the molecule is CCCCCCCCCCCCCCOCC(Cc1nccc2ccccc12)OS(=O)(=O)O. The maximum absolute atomic E-state index is 11.3. The standard InChI is InChI=1S/C26H41NO5S/c1-2-3-4-5-6-7-8-9-10-11-12-15-20-31-22-24(32-33(28,29)30)21-26-25-17-14-13-16-23(25)18-19-27-26/h13-14,16-19,24H,2-12,15,20-22H2,1H3,(H,28,29,30). The van der Waals surface area contributed by atoms with Gasteiger partial charge in [0.15, 0.2) is 0 Å². The lowest BCUT2D eigenvalue weighted by Crippen LogP contribution is -2.26. The zero-order chi connectivity index (χ0) is 23.8. The molecule has 0 aliphatic carbocycles. The van der Waals surface area contributed by atoms with Gasteiger partial charge in [0.1, 0.15) is 6.10 Å². The second-order valence-electron chi connectivity index (χ2n) is 8.79. The average Bonchev–Trinajstić information content (AvgIpc) is 2.78. The van der Waals surface area contributed by atoms with E-state index in [9.17, 15) is 8.42 Å². The van der Waals surface area contributed by atoms with Crippen molar-refractivity contribution in [1.29, 1.82) is 0 Å². The van der Waals surface area contributed by atoms with E-state index in [0.717, 1.165) is 29.3 Å². The minimum atomic E-state index is -4.57. The third kappa shape index (κ3) is 12.5. The van der Waals surface area contributed by atoms with Crippen molar-refractivity contribution < 1.29 is 21.9 Å². The first kappa shape index (κ1) is 27.7. The molecule has 0 amide bonds. The van der Waals surface area contributed by atoms with Crippen molar-refractivity contribution in [1.82, 2.24) is 4.98 Å². The summed E-state index contributed by atoms with van der Waals surface area (Å²) >= 11 is 0. The monoisotopic (exact) mass is 479 g/mol. The first-order chi connectivity index (χ1) is 16.0. The van der Waals surface area contributed by atoms with Gasteiger partial charge in [0.25, 0.3) is 0 Å². The number of hydrogen-bond acceptors (Lipinski definition) is 5. The van der Waals surface area contributed by atoms with Crippen LogP contribution in [0.4, 0.5) is 0 Å². The van der Waals surface area contributed by atoms with Crippen molar-refractivity contribution in [3.05, 3.63) is 42.2 Å². The number of hydrogen-bond donors (Lipinski definition) is 1. The summed E-state index contributed by atoms with van der Waals surface area (Å²) in [6, 6.07) is 9.67. The Kier molecular flexibility index (Phi) is 13.6. The summed E-state index contributed by atoms with van der Waals surface area (Å²) in [5, 5.41) is 1.95. The van der Waals surface area contributed by atoms with Crippen LogP contribution in [0, 0.1) is 0 Å². The van der Waals surface area contributed by atoms with E-state index >= 15 is 0 Å². The van der Waals surface area contributed by atoms with Crippen LogP contribution in [-0.2, 0) is 25.7 Å². The highest BCUT2D eigenvalue weighted by atomic mass is 32.3. The Hall–Kier alpha value is -1.54. The van der Waals surface area contributed by atoms with Crippen LogP contribution in [0.1, 0.15) is 89.7 Å². The highest BCUT2D eigenvalue weighted by Crippen LogP contribution is 2.19. The lowest BCUT2D eigenvalue weighted by molar-refractivity contribution is 0.0453. The fourth-order valence-corrected chi connectivity index (χ4v) is 4.58. The number of benzene rings is 1. The van der Waals surface area contributed by atoms with Gasteiger partial charge in [0, 0.05) is 24.6 Å². The van der Waals surface area contributed by atoms with Gasteiger partial charge in [-0.25, -0.2) is 4.18 Å². The molecule has 6 nitrogen and oxygen atoms in total. The van der Waals surface area contributed by atoms with Gasteiger partial charge in [-0.2, -0.15) is 8.42 Å². The molecule has 0 saturated carbocycles. The third-order valence-corrected chi connectivity index (χ3v) is 6.40. The Balaban J connectivity index is 1.63. The van der Waals surface area contributed by atoms with Crippen LogP contribution in [0.2, 0.25) is 0 Å². The smallest absolute Gasteiger partial charge is 0.379 e. The Morgan fingerprint density at radius 3 is 2.12 bits per heavy atom. The summed E-state index contributed by atoms with van der Waals surface area (Å²) in [4.78, 5) is 4.38. The molecule has 1 unspecified atom stereocenters. The van der Waals surface area contributed by atoms with Gasteiger partial charge < -0.3 is 4.74 Å². The molecule has 0 saturated heterocycles. The molecular formula is C26H41NO5S. The zero-order valence-corrected chi connectivity index (χ0v) is 20.9. The molecule has 0 radical (unpaired) electrons. The maximum Gasteiger partial charge on any atom is 0.397 e. The van der Waals surface area contributed by atoms with Crippen molar-refractivity contribution in [3.8, 4) is 0 Å². The summed E-state index contributed by atoms with van der Waals surface area (Å²) in [6.07, 6.45) is 16.4. The van der Waals surface area contributed by atoms with E-state index in [1.54, 1.807) is 6.20 Å². The second-order valence-corrected chi connectivity index (χ2v) is 9.84. The lowest BCUT2D eigenvalue weighted by atomic mass is 10.1. The quantitative estimate of drug-likeness (QED) is 0.179. The molecule has 2 aromatic rings. The van der Waals surface area contributed by atoms with E-state index in [4.69, 9.17) is 13.5 Å². The van der Waals surface area contributed by atoms with Gasteiger partial charge in [-0.3, -0.25) is 9.54 Å². The predicted molar refractivity (Wildman–Crippen MR) is 134 cm³/mol. The minimum absolute atomic E-state index is 0.0860. The summed E-state index contributed by atoms with van der Waals surface area (Å²) < 4.78 is 42.3. The maximum atomic E-state index is 11.3. The number of ether oxygens (including phenoxy) is 1. The Morgan fingerprint density at radius 1 is 0.879 bits per heavy atom. The van der Waals surface area contributed by atoms with Crippen LogP contribution in [-0.4, -0.2) is 37.3 Å². The van der Waals surface area contributed by atoms with Crippen LogP contribution >= 0.6 is 0 Å². The summed E-state index contributed by atoms with van der Waals surface area (Å²) in [6.45, 7) is 2.88. The van der Waals surface area contributed by atoms with E-state index < -0.39 is 16.5 Å². The molecule has 1 N–H and O–H groups in total. The molecule has 0 fully saturated rings. The van der Waals surface area contributed by atoms with Crippen molar-refractivity contribution >= 4 is 21.2 Å². The molecule has 2 rings (SSSR count). The summed E-state index contributed by atoms with van der Waals surface area (Å²) in [5.74, 6) is 0. The molecule has 0 aliphatic rings. The molecule has 1 heterocycles. The van der Waals surface area contributed by atoms with Gasteiger partial charge in [0.05, 0.1) is 12.3 Å². The predicted octanol–water partition coefficient (Wildman–Crippen LogP) is 6.68. The molecule has 186 valence electrons. The number of nitrogens with zero attached hydrogens (tertiary/aromatic N) is 1. The molecule has 7 heteroatoms. The second kappa shape index (κ2) is 16.1. The minimum Gasteiger partial charge on any atom is -0.379 e. The first-order valence-corrected chi connectivity index (χ1v) is 13.9. The largest absolute Gasteiger partial charge is 0.397 e. The van der Waals surface area contributed by atoms with Crippen LogP contribution in [0.25, 0.3) is 10.8 Å². The fraction of sp³-hybridized carbons (Fsp3) is 0.654. The fourth-order valence-electron chi connectivity index (χ4n) is 4.11. The van der Waals surface area contributed by atoms with Gasteiger partial charge in [0.2, 0.25) is 0 Å². The molecule has 1 aromatic carbocycles. The molecule has 0 bridgehead atoms. The van der Waals surface area contributed by atoms with E-state index in [2.05, 4.69) is 11.9 Å². The Labute approximate surface area is 200 Å². The van der Waals surface area contributed by atoms with Crippen molar-refractivity contribution in [2.75, 3.05) is 13.2 Å². The van der Waals surface area contributed by atoms with E-state index in [1.807, 2.05) is 30.3 Å². The summed E-state index contributed by atoms with van der Waals surface area (Å²) in [5.41, 5.74) is 0.718. The number of unbranched alkanes of at least 4 members (excludes halogenated alkanes) is 11. The van der Waals surface area contributed by atoms with E-state index in [1.165, 1.54) is 64.2 Å². The normalized spacial score (nSPS) is 12.9. The molecule has 0 spiro atoms. The Bertz CT molecular complexity index is 882. The van der Waals surface area contributed by atoms with Gasteiger partial charge in [-0.15, -0.1) is 0 Å². The highest BCUT2D eigenvalue weighted by molar-refractivity contribution is 7.80. The van der Waals surface area contributed by atoms with Crippen LogP contribution < -0.4 is 0 Å². The van der Waals surface area contributed by atoms with Crippen molar-refractivity contribution in [2.45, 2.75) is 96.5 Å². The van der Waals surface area contributed by atoms with Crippen LogP contribution in [0.3, 0.4) is 0 Å². The van der Waals surface area contributed by atoms with Crippen LogP contribution in [0.15, 0.2) is 36.5 Å².